The van der Waals surface area contributed by atoms with Gasteiger partial charge < -0.3 is 10.4 Å². The van der Waals surface area contributed by atoms with E-state index in [1.54, 1.807) is 12.1 Å². The van der Waals surface area contributed by atoms with E-state index in [9.17, 15) is 23.1 Å². The van der Waals surface area contributed by atoms with E-state index >= 15 is 0 Å². The van der Waals surface area contributed by atoms with E-state index in [2.05, 4.69) is 20.6 Å². The molecule has 0 radical (unpaired) electrons. The van der Waals surface area contributed by atoms with Gasteiger partial charge in [-0.1, -0.05) is 18.2 Å². The third kappa shape index (κ3) is 3.14. The number of benzene rings is 1. The molecule has 1 aliphatic carbocycles. The minimum atomic E-state index is -4.54. The monoisotopic (exact) mass is 377 g/mol. The summed E-state index contributed by atoms with van der Waals surface area (Å²) >= 11 is 0. The summed E-state index contributed by atoms with van der Waals surface area (Å²) in [5.74, 6) is -1.02. The van der Waals surface area contributed by atoms with Crippen molar-refractivity contribution in [3.8, 4) is 11.3 Å². The number of hydrogen-bond acceptors (Lipinski definition) is 4. The van der Waals surface area contributed by atoms with Crippen LogP contribution in [0, 0.1) is 0 Å². The van der Waals surface area contributed by atoms with Gasteiger partial charge in [-0.05, 0) is 25.0 Å². The molecule has 1 aromatic carbocycles. The van der Waals surface area contributed by atoms with E-state index in [0.29, 0.717) is 33.9 Å². The fraction of sp³-hybridized carbons (Fsp3) is 0.235. The van der Waals surface area contributed by atoms with Crippen molar-refractivity contribution < 1.29 is 23.1 Å². The van der Waals surface area contributed by atoms with Crippen LogP contribution < -0.4 is 5.32 Å². The quantitative estimate of drug-likeness (QED) is 0.648. The molecule has 3 N–H and O–H groups in total. The van der Waals surface area contributed by atoms with Crippen molar-refractivity contribution in [1.29, 1.82) is 0 Å². The summed E-state index contributed by atoms with van der Waals surface area (Å²) in [7, 11) is 0. The Labute approximate surface area is 150 Å². The molecule has 0 saturated carbocycles. The van der Waals surface area contributed by atoms with Gasteiger partial charge in [0.15, 0.2) is 11.5 Å². The molecule has 7 nitrogen and oxygen atoms in total. The Morgan fingerprint density at radius 2 is 2.00 bits per heavy atom. The Balaban J connectivity index is 1.86. The smallest absolute Gasteiger partial charge is 0.408 e. The molecule has 3 aromatic rings. The molecule has 0 spiro atoms. The maximum Gasteiger partial charge on any atom is 0.408 e. The van der Waals surface area contributed by atoms with E-state index < -0.39 is 18.7 Å². The number of carboxylic acids is 1. The predicted octanol–water partition coefficient (Wildman–Crippen LogP) is 3.38. The molecule has 0 fully saturated rings. The fourth-order valence-corrected chi connectivity index (χ4v) is 3.28. The molecule has 4 rings (SSSR count). The van der Waals surface area contributed by atoms with Crippen LogP contribution in [0.4, 0.5) is 24.7 Å². The van der Waals surface area contributed by atoms with Gasteiger partial charge in [-0.3, -0.25) is 9.78 Å². The first-order chi connectivity index (χ1) is 12.8. The lowest BCUT2D eigenvalue weighted by Gasteiger charge is -2.17. The van der Waals surface area contributed by atoms with Gasteiger partial charge in [0.2, 0.25) is 0 Å². The third-order valence-corrected chi connectivity index (χ3v) is 4.32. The second kappa shape index (κ2) is 6.15. The molecule has 0 saturated heterocycles. The lowest BCUT2D eigenvalue weighted by atomic mass is 9.93. The molecule has 0 amide bonds. The van der Waals surface area contributed by atoms with Crippen molar-refractivity contribution in [2.24, 2.45) is 0 Å². The number of aromatic nitrogens is 4. The number of nitrogens with one attached hydrogen (secondary N) is 2. The molecule has 0 aliphatic heterocycles. The summed E-state index contributed by atoms with van der Waals surface area (Å²) in [6.07, 6.45) is -3.83. The summed E-state index contributed by atoms with van der Waals surface area (Å²) in [5.41, 5.74) is 1.84. The van der Waals surface area contributed by atoms with Gasteiger partial charge in [-0.15, -0.1) is 0 Å². The number of aryl methyl sites for hydroxylation is 1. The highest BCUT2D eigenvalue weighted by Crippen LogP contribution is 2.40. The number of aromatic amines is 1. The second-order valence-corrected chi connectivity index (χ2v) is 6.17. The molecule has 1 aliphatic rings. The van der Waals surface area contributed by atoms with Crippen molar-refractivity contribution in [1.82, 2.24) is 20.0 Å². The average Bonchev–Trinajstić information content (AvgIpc) is 3.16. The van der Waals surface area contributed by atoms with E-state index in [4.69, 9.17) is 0 Å². The number of H-pyrrole nitrogens is 1. The van der Waals surface area contributed by atoms with Gasteiger partial charge >= 0.3 is 12.1 Å². The maximum absolute atomic E-state index is 13.0. The minimum Gasteiger partial charge on any atom is -0.476 e. The summed E-state index contributed by atoms with van der Waals surface area (Å²) in [5, 5.41) is 23.2. The van der Waals surface area contributed by atoms with Gasteiger partial charge in [0.05, 0.1) is 11.3 Å². The highest BCUT2D eigenvalue weighted by atomic mass is 19.4. The Hall–Kier alpha value is -3.30. The van der Waals surface area contributed by atoms with Gasteiger partial charge in [-0.25, -0.2) is 4.79 Å². The number of carboxylic acid groups (broad SMARTS) is 1. The maximum atomic E-state index is 13.0. The summed E-state index contributed by atoms with van der Waals surface area (Å²) in [6, 6.07) is 9.04. The van der Waals surface area contributed by atoms with Crippen molar-refractivity contribution in [3.05, 3.63) is 47.3 Å². The van der Waals surface area contributed by atoms with E-state index in [1.807, 2.05) is 18.2 Å². The van der Waals surface area contributed by atoms with Gasteiger partial charge in [0.1, 0.15) is 6.54 Å². The minimum absolute atomic E-state index is 0.137. The second-order valence-electron chi connectivity index (χ2n) is 6.17. The van der Waals surface area contributed by atoms with Crippen LogP contribution in [-0.2, 0) is 19.4 Å². The highest BCUT2D eigenvalue weighted by Gasteiger charge is 2.36. The van der Waals surface area contributed by atoms with Gasteiger partial charge in [0, 0.05) is 16.9 Å². The zero-order chi connectivity index (χ0) is 19.2. The molecule has 27 heavy (non-hydrogen) atoms. The van der Waals surface area contributed by atoms with Gasteiger partial charge in [-0.2, -0.15) is 23.4 Å². The van der Waals surface area contributed by atoms with Gasteiger partial charge in [0.25, 0.3) is 0 Å². The van der Waals surface area contributed by atoms with Crippen molar-refractivity contribution >= 4 is 17.5 Å². The lowest BCUT2D eigenvalue weighted by Crippen LogP contribution is -2.20. The number of fused-ring (bicyclic) bond motifs is 3. The van der Waals surface area contributed by atoms with E-state index in [0.717, 1.165) is 0 Å². The molecule has 140 valence electrons. The predicted molar refractivity (Wildman–Crippen MR) is 90.0 cm³/mol. The van der Waals surface area contributed by atoms with E-state index in [1.165, 1.54) is 0 Å². The van der Waals surface area contributed by atoms with Crippen LogP contribution in [0.25, 0.3) is 11.3 Å². The Kier molecular flexibility index (Phi) is 3.90. The Morgan fingerprint density at radius 3 is 2.67 bits per heavy atom. The molecular weight excluding hydrogens is 363 g/mol. The first-order valence-electron chi connectivity index (χ1n) is 8.13. The largest absolute Gasteiger partial charge is 0.476 e. The van der Waals surface area contributed by atoms with Crippen LogP contribution in [0.3, 0.4) is 0 Å². The number of rotatable bonds is 4. The summed E-state index contributed by atoms with van der Waals surface area (Å²) in [4.78, 5) is 11.5. The SMILES string of the molecule is O=C(O)c1nn(CC(F)(F)F)c2c1CCc1[nH]nc(Nc3ccccc3)c1-2. The molecule has 0 atom stereocenters. The van der Waals surface area contributed by atoms with E-state index in [-0.39, 0.29) is 23.4 Å². The number of para-hydroxylation sites is 1. The summed E-state index contributed by atoms with van der Waals surface area (Å²) < 4.78 is 39.8. The third-order valence-electron chi connectivity index (χ3n) is 4.32. The van der Waals surface area contributed by atoms with Crippen LogP contribution in [0.5, 0.6) is 0 Å². The van der Waals surface area contributed by atoms with Crippen LogP contribution in [0.15, 0.2) is 30.3 Å². The fourth-order valence-electron chi connectivity index (χ4n) is 3.28. The van der Waals surface area contributed by atoms with Crippen molar-refractivity contribution in [3.63, 3.8) is 0 Å². The first-order valence-corrected chi connectivity index (χ1v) is 8.13. The highest BCUT2D eigenvalue weighted by molar-refractivity contribution is 5.92. The normalized spacial score (nSPS) is 13.1. The number of hydrogen-bond donors (Lipinski definition) is 3. The Bertz CT molecular complexity index is 1010. The number of carbonyl (C=O) groups is 1. The average molecular weight is 377 g/mol. The van der Waals surface area contributed by atoms with Crippen LogP contribution >= 0.6 is 0 Å². The lowest BCUT2D eigenvalue weighted by molar-refractivity contribution is -0.142. The van der Waals surface area contributed by atoms with Crippen LogP contribution in [0.2, 0.25) is 0 Å². The molecule has 2 heterocycles. The molecule has 10 heteroatoms. The standard InChI is InChI=1S/C17H14F3N5O2/c18-17(19,20)8-25-14-10(13(24-25)16(26)27)6-7-11-12(14)15(23-22-11)21-9-4-2-1-3-5-9/h1-5H,6-8H2,(H,26,27)(H2,21,22,23). The number of anilines is 2. The van der Waals surface area contributed by atoms with Crippen LogP contribution in [-0.4, -0.2) is 37.2 Å². The molecule has 0 unspecified atom stereocenters. The zero-order valence-electron chi connectivity index (χ0n) is 13.8. The zero-order valence-corrected chi connectivity index (χ0v) is 13.8. The number of alkyl halides is 3. The number of aromatic carboxylic acids is 1. The van der Waals surface area contributed by atoms with Crippen molar-refractivity contribution in [2.45, 2.75) is 25.6 Å². The van der Waals surface area contributed by atoms with Crippen LogP contribution in [0.1, 0.15) is 21.7 Å². The molecular formula is C17H14F3N5O2. The molecule has 2 aromatic heterocycles. The number of nitrogens with zero attached hydrogens (tertiary/aromatic N) is 3. The van der Waals surface area contributed by atoms with Crippen molar-refractivity contribution in [2.75, 3.05) is 5.32 Å². The Morgan fingerprint density at radius 1 is 1.26 bits per heavy atom. The number of halogens is 3. The topological polar surface area (TPSA) is 95.8 Å². The summed E-state index contributed by atoms with van der Waals surface area (Å²) in [6.45, 7) is -1.38. The first kappa shape index (κ1) is 17.1. The molecule has 0 bridgehead atoms.